The van der Waals surface area contributed by atoms with E-state index in [4.69, 9.17) is 5.73 Å². The second kappa shape index (κ2) is 6.09. The van der Waals surface area contributed by atoms with E-state index in [9.17, 15) is 8.42 Å². The lowest BCUT2D eigenvalue weighted by Crippen LogP contribution is -2.54. The standard InChI is InChI=1S/C13H22N4O2S/c1-16-7-8-17(2)11(10-16)9-15-20(18,19)13-6-4-3-5-12(13)14/h3-6,11,15H,7-10,14H2,1-2H3. The maximum Gasteiger partial charge on any atom is 0.242 e. The smallest absolute Gasteiger partial charge is 0.242 e. The third-order valence-corrected chi connectivity index (χ3v) is 5.20. The summed E-state index contributed by atoms with van der Waals surface area (Å²) >= 11 is 0. The van der Waals surface area contributed by atoms with Gasteiger partial charge in [0.05, 0.1) is 5.69 Å². The molecule has 1 unspecified atom stereocenters. The van der Waals surface area contributed by atoms with Crippen molar-refractivity contribution >= 4 is 15.7 Å². The Kier molecular flexibility index (Phi) is 4.64. The van der Waals surface area contributed by atoms with Crippen molar-refractivity contribution < 1.29 is 8.42 Å². The van der Waals surface area contributed by atoms with E-state index >= 15 is 0 Å². The van der Waals surface area contributed by atoms with Gasteiger partial charge in [-0.2, -0.15) is 0 Å². The molecule has 0 aliphatic carbocycles. The van der Waals surface area contributed by atoms with Crippen LogP contribution in [0.4, 0.5) is 5.69 Å². The summed E-state index contributed by atoms with van der Waals surface area (Å²) < 4.78 is 27.2. The molecule has 0 aromatic heterocycles. The molecule has 7 heteroatoms. The van der Waals surface area contributed by atoms with Crippen LogP contribution in [0.1, 0.15) is 0 Å². The number of nitrogens with one attached hydrogen (secondary N) is 1. The number of rotatable bonds is 4. The Labute approximate surface area is 120 Å². The van der Waals surface area contributed by atoms with E-state index in [1.807, 2.05) is 14.1 Å². The Hall–Kier alpha value is -1.15. The van der Waals surface area contributed by atoms with Crippen LogP contribution in [-0.4, -0.2) is 64.5 Å². The van der Waals surface area contributed by atoms with E-state index in [2.05, 4.69) is 14.5 Å². The summed E-state index contributed by atoms with van der Waals surface area (Å²) in [6.45, 7) is 3.18. The number of nitrogen functional groups attached to an aromatic ring is 1. The van der Waals surface area contributed by atoms with E-state index in [0.29, 0.717) is 6.54 Å². The minimum absolute atomic E-state index is 0.145. The van der Waals surface area contributed by atoms with E-state index in [1.54, 1.807) is 18.2 Å². The number of piperazine rings is 1. The van der Waals surface area contributed by atoms with Gasteiger partial charge in [0.15, 0.2) is 0 Å². The average molecular weight is 298 g/mol. The Morgan fingerprint density at radius 2 is 2.00 bits per heavy atom. The van der Waals surface area contributed by atoms with Crippen molar-refractivity contribution in [2.45, 2.75) is 10.9 Å². The predicted octanol–water partition coefficient (Wildman–Crippen LogP) is -0.207. The lowest BCUT2D eigenvalue weighted by Gasteiger charge is -2.37. The molecule has 1 fully saturated rings. The molecule has 1 aromatic carbocycles. The van der Waals surface area contributed by atoms with Gasteiger partial charge >= 0.3 is 0 Å². The lowest BCUT2D eigenvalue weighted by atomic mass is 10.2. The summed E-state index contributed by atoms with van der Waals surface area (Å²) in [5.74, 6) is 0. The van der Waals surface area contributed by atoms with Gasteiger partial charge in [0, 0.05) is 32.2 Å². The van der Waals surface area contributed by atoms with Gasteiger partial charge in [-0.25, -0.2) is 13.1 Å². The molecule has 112 valence electrons. The fourth-order valence-electron chi connectivity index (χ4n) is 2.33. The number of nitrogens with two attached hydrogens (primary N) is 1. The maximum atomic E-state index is 12.3. The van der Waals surface area contributed by atoms with Gasteiger partial charge < -0.3 is 10.6 Å². The highest BCUT2D eigenvalue weighted by atomic mass is 32.2. The SMILES string of the molecule is CN1CCN(C)C(CNS(=O)(=O)c2ccccc2N)C1. The van der Waals surface area contributed by atoms with Crippen molar-refractivity contribution in [1.82, 2.24) is 14.5 Å². The monoisotopic (exact) mass is 298 g/mol. The van der Waals surface area contributed by atoms with Crippen molar-refractivity contribution in [1.29, 1.82) is 0 Å². The predicted molar refractivity (Wildman–Crippen MR) is 80.0 cm³/mol. The number of anilines is 1. The van der Waals surface area contributed by atoms with Crippen LogP contribution in [0, 0.1) is 0 Å². The summed E-state index contributed by atoms with van der Waals surface area (Å²) in [5, 5.41) is 0. The number of nitrogens with zero attached hydrogens (tertiary/aromatic N) is 2. The Morgan fingerprint density at radius 1 is 1.30 bits per heavy atom. The summed E-state index contributed by atoms with van der Waals surface area (Å²) in [6.07, 6.45) is 0. The third-order valence-electron chi connectivity index (χ3n) is 3.70. The Balaban J connectivity index is 2.04. The molecule has 0 saturated carbocycles. The van der Waals surface area contributed by atoms with Crippen LogP contribution >= 0.6 is 0 Å². The number of hydrogen-bond acceptors (Lipinski definition) is 5. The number of sulfonamides is 1. The van der Waals surface area contributed by atoms with Crippen molar-refractivity contribution in [3.05, 3.63) is 24.3 Å². The topological polar surface area (TPSA) is 78.7 Å². The first-order valence-corrected chi connectivity index (χ1v) is 8.11. The van der Waals surface area contributed by atoms with E-state index in [-0.39, 0.29) is 16.6 Å². The minimum atomic E-state index is -3.55. The van der Waals surface area contributed by atoms with Crippen molar-refractivity contribution in [2.75, 3.05) is 46.0 Å². The highest BCUT2D eigenvalue weighted by Gasteiger charge is 2.25. The largest absolute Gasteiger partial charge is 0.398 e. The fraction of sp³-hybridized carbons (Fsp3) is 0.538. The summed E-state index contributed by atoms with van der Waals surface area (Å²) in [5.41, 5.74) is 6.00. The molecule has 1 saturated heterocycles. The van der Waals surface area contributed by atoms with Gasteiger partial charge in [-0.1, -0.05) is 12.1 Å². The van der Waals surface area contributed by atoms with Gasteiger partial charge in [-0.3, -0.25) is 4.90 Å². The van der Waals surface area contributed by atoms with Gasteiger partial charge in [0.2, 0.25) is 10.0 Å². The number of likely N-dealkylation sites (N-methyl/N-ethyl adjacent to an activating group) is 2. The molecule has 1 heterocycles. The van der Waals surface area contributed by atoms with Gasteiger partial charge in [0.25, 0.3) is 0 Å². The number of benzene rings is 1. The normalized spacial score (nSPS) is 22.0. The van der Waals surface area contributed by atoms with Gasteiger partial charge in [-0.05, 0) is 26.2 Å². The summed E-state index contributed by atoms with van der Waals surface area (Å²) in [4.78, 5) is 4.53. The van der Waals surface area contributed by atoms with Crippen molar-refractivity contribution in [3.63, 3.8) is 0 Å². The molecule has 1 aliphatic rings. The molecule has 3 N–H and O–H groups in total. The lowest BCUT2D eigenvalue weighted by molar-refractivity contribution is 0.117. The van der Waals surface area contributed by atoms with Crippen LogP contribution in [0.15, 0.2) is 29.2 Å². The zero-order chi connectivity index (χ0) is 14.8. The van der Waals surface area contributed by atoms with Gasteiger partial charge in [0.1, 0.15) is 4.90 Å². The summed E-state index contributed by atoms with van der Waals surface area (Å²) in [7, 11) is 0.511. The highest BCUT2D eigenvalue weighted by Crippen LogP contribution is 2.17. The molecule has 1 aliphatic heterocycles. The number of hydrogen-bond donors (Lipinski definition) is 2. The van der Waals surface area contributed by atoms with E-state index in [0.717, 1.165) is 19.6 Å². The average Bonchev–Trinajstić information content (AvgIpc) is 2.40. The first kappa shape index (κ1) is 15.2. The maximum absolute atomic E-state index is 12.3. The fourth-order valence-corrected chi connectivity index (χ4v) is 3.53. The second-order valence-electron chi connectivity index (χ2n) is 5.29. The third kappa shape index (κ3) is 3.49. The van der Waals surface area contributed by atoms with Crippen LogP contribution in [0.5, 0.6) is 0 Å². The molecule has 0 amide bonds. The Morgan fingerprint density at radius 3 is 2.70 bits per heavy atom. The Bertz CT molecular complexity index is 561. The zero-order valence-corrected chi connectivity index (χ0v) is 12.7. The molecule has 1 aromatic rings. The van der Waals surface area contributed by atoms with Crippen LogP contribution in [-0.2, 0) is 10.0 Å². The van der Waals surface area contributed by atoms with Crippen LogP contribution in [0.25, 0.3) is 0 Å². The molecule has 0 spiro atoms. The minimum Gasteiger partial charge on any atom is -0.398 e. The van der Waals surface area contributed by atoms with Gasteiger partial charge in [-0.15, -0.1) is 0 Å². The number of para-hydroxylation sites is 1. The quantitative estimate of drug-likeness (QED) is 0.752. The van der Waals surface area contributed by atoms with Crippen LogP contribution in [0.2, 0.25) is 0 Å². The molecule has 20 heavy (non-hydrogen) atoms. The second-order valence-corrected chi connectivity index (χ2v) is 7.02. The van der Waals surface area contributed by atoms with E-state index in [1.165, 1.54) is 6.07 Å². The molecule has 0 radical (unpaired) electrons. The van der Waals surface area contributed by atoms with Crippen LogP contribution < -0.4 is 10.5 Å². The molecule has 0 bridgehead atoms. The molecule has 6 nitrogen and oxygen atoms in total. The highest BCUT2D eigenvalue weighted by molar-refractivity contribution is 7.89. The van der Waals surface area contributed by atoms with Crippen LogP contribution in [0.3, 0.4) is 0 Å². The summed E-state index contributed by atoms with van der Waals surface area (Å²) in [6, 6.07) is 6.68. The van der Waals surface area contributed by atoms with E-state index < -0.39 is 10.0 Å². The molecule has 1 atom stereocenters. The molecular formula is C13H22N4O2S. The van der Waals surface area contributed by atoms with Crippen molar-refractivity contribution in [3.8, 4) is 0 Å². The first-order valence-electron chi connectivity index (χ1n) is 6.63. The van der Waals surface area contributed by atoms with Crippen molar-refractivity contribution in [2.24, 2.45) is 0 Å². The zero-order valence-electron chi connectivity index (χ0n) is 11.9. The molecular weight excluding hydrogens is 276 g/mol. The first-order chi connectivity index (χ1) is 9.40. The molecule has 2 rings (SSSR count).